The number of anilines is 1. The standard InChI is InChI=1S/C15H19N3O5/c16-15(21)18-11-5-3-10(4-6-11)14(20)23-9-13(19)17-8-12-2-1-7-22-12/h3-6,12H,1-2,7-9H2,(H,17,19)(H3,16,18,21). The molecule has 124 valence electrons. The number of nitrogens with one attached hydrogen (secondary N) is 2. The number of amides is 3. The van der Waals surface area contributed by atoms with E-state index in [4.69, 9.17) is 15.2 Å². The van der Waals surface area contributed by atoms with E-state index < -0.39 is 12.0 Å². The fourth-order valence-electron chi connectivity index (χ4n) is 2.13. The van der Waals surface area contributed by atoms with E-state index in [1.807, 2.05) is 0 Å². The van der Waals surface area contributed by atoms with Crippen molar-refractivity contribution in [1.29, 1.82) is 0 Å². The quantitative estimate of drug-likeness (QED) is 0.664. The van der Waals surface area contributed by atoms with Crippen LogP contribution < -0.4 is 16.4 Å². The van der Waals surface area contributed by atoms with Gasteiger partial charge >= 0.3 is 12.0 Å². The van der Waals surface area contributed by atoms with Crippen molar-refractivity contribution >= 4 is 23.6 Å². The Hall–Kier alpha value is -2.61. The fraction of sp³-hybridized carbons (Fsp3) is 0.400. The zero-order valence-electron chi connectivity index (χ0n) is 12.5. The predicted molar refractivity (Wildman–Crippen MR) is 81.9 cm³/mol. The van der Waals surface area contributed by atoms with Gasteiger partial charge in [0.1, 0.15) is 0 Å². The molecule has 0 spiro atoms. The lowest BCUT2D eigenvalue weighted by Crippen LogP contribution is -2.34. The number of ether oxygens (including phenoxy) is 2. The number of rotatable bonds is 6. The zero-order valence-corrected chi connectivity index (χ0v) is 12.5. The van der Waals surface area contributed by atoms with E-state index in [0.29, 0.717) is 12.2 Å². The Bertz CT molecular complexity index is 567. The van der Waals surface area contributed by atoms with Gasteiger partial charge in [-0.15, -0.1) is 0 Å². The average molecular weight is 321 g/mol. The van der Waals surface area contributed by atoms with E-state index in [1.54, 1.807) is 0 Å². The summed E-state index contributed by atoms with van der Waals surface area (Å²) < 4.78 is 10.3. The molecule has 1 aliphatic heterocycles. The first kappa shape index (κ1) is 16.8. The summed E-state index contributed by atoms with van der Waals surface area (Å²) in [5.41, 5.74) is 5.71. The molecule has 1 aromatic carbocycles. The lowest BCUT2D eigenvalue weighted by Gasteiger charge is -2.11. The van der Waals surface area contributed by atoms with Crippen LogP contribution in [0.15, 0.2) is 24.3 Å². The highest BCUT2D eigenvalue weighted by Crippen LogP contribution is 2.11. The van der Waals surface area contributed by atoms with Gasteiger partial charge in [0.05, 0.1) is 11.7 Å². The van der Waals surface area contributed by atoms with Crippen LogP contribution in [0.1, 0.15) is 23.2 Å². The molecule has 3 amide bonds. The number of nitrogens with two attached hydrogens (primary N) is 1. The number of hydrogen-bond donors (Lipinski definition) is 3. The molecule has 1 saturated heterocycles. The second-order valence-electron chi connectivity index (χ2n) is 5.08. The van der Waals surface area contributed by atoms with Crippen molar-refractivity contribution in [1.82, 2.24) is 5.32 Å². The van der Waals surface area contributed by atoms with Gasteiger partial charge in [-0.3, -0.25) is 4.79 Å². The molecule has 1 aliphatic rings. The number of urea groups is 1. The minimum atomic E-state index is -0.691. The van der Waals surface area contributed by atoms with Crippen molar-refractivity contribution < 1.29 is 23.9 Å². The van der Waals surface area contributed by atoms with Crippen molar-refractivity contribution in [3.8, 4) is 0 Å². The Balaban J connectivity index is 1.72. The topological polar surface area (TPSA) is 120 Å². The zero-order chi connectivity index (χ0) is 16.7. The van der Waals surface area contributed by atoms with Gasteiger partial charge in [-0.1, -0.05) is 0 Å². The third-order valence-electron chi connectivity index (χ3n) is 3.27. The third-order valence-corrected chi connectivity index (χ3v) is 3.27. The monoisotopic (exact) mass is 321 g/mol. The summed E-state index contributed by atoms with van der Waals surface area (Å²) in [4.78, 5) is 34.1. The van der Waals surface area contributed by atoms with Gasteiger partial charge in [-0.05, 0) is 37.1 Å². The minimum Gasteiger partial charge on any atom is -0.452 e. The summed E-state index contributed by atoms with van der Waals surface area (Å²) >= 11 is 0. The molecule has 0 aliphatic carbocycles. The van der Waals surface area contributed by atoms with Gasteiger partial charge in [0, 0.05) is 18.8 Å². The lowest BCUT2D eigenvalue weighted by molar-refractivity contribution is -0.124. The number of carbonyl (C=O) groups is 3. The molecule has 4 N–H and O–H groups in total. The molecule has 1 fully saturated rings. The molecule has 8 heteroatoms. The molecule has 23 heavy (non-hydrogen) atoms. The van der Waals surface area contributed by atoms with Crippen LogP contribution in [0.2, 0.25) is 0 Å². The summed E-state index contributed by atoms with van der Waals surface area (Å²) in [7, 11) is 0. The molecule has 2 rings (SSSR count). The Morgan fingerprint density at radius 1 is 1.26 bits per heavy atom. The maximum atomic E-state index is 11.8. The SMILES string of the molecule is NC(=O)Nc1ccc(C(=O)OCC(=O)NCC2CCCO2)cc1. The molecular formula is C15H19N3O5. The van der Waals surface area contributed by atoms with E-state index in [0.717, 1.165) is 19.4 Å². The average Bonchev–Trinajstić information content (AvgIpc) is 3.04. The largest absolute Gasteiger partial charge is 0.452 e. The third kappa shape index (κ3) is 5.59. The second-order valence-corrected chi connectivity index (χ2v) is 5.08. The van der Waals surface area contributed by atoms with Gasteiger partial charge in [-0.25, -0.2) is 9.59 Å². The van der Waals surface area contributed by atoms with Gasteiger partial charge in [0.2, 0.25) is 0 Å². The van der Waals surface area contributed by atoms with Crippen molar-refractivity contribution in [3.05, 3.63) is 29.8 Å². The van der Waals surface area contributed by atoms with Crippen LogP contribution in [0.4, 0.5) is 10.5 Å². The van der Waals surface area contributed by atoms with Crippen LogP contribution in [0.3, 0.4) is 0 Å². The molecule has 0 aromatic heterocycles. The molecule has 0 saturated carbocycles. The minimum absolute atomic E-state index is 0.0416. The van der Waals surface area contributed by atoms with Crippen LogP contribution in [0, 0.1) is 0 Å². The van der Waals surface area contributed by atoms with E-state index in [9.17, 15) is 14.4 Å². The number of hydrogen-bond acceptors (Lipinski definition) is 5. The maximum Gasteiger partial charge on any atom is 0.338 e. The van der Waals surface area contributed by atoms with Gasteiger partial charge < -0.3 is 25.8 Å². The van der Waals surface area contributed by atoms with Crippen molar-refractivity contribution in [2.45, 2.75) is 18.9 Å². The number of primary amides is 1. The van der Waals surface area contributed by atoms with Gasteiger partial charge in [0.25, 0.3) is 5.91 Å². The lowest BCUT2D eigenvalue weighted by atomic mass is 10.2. The van der Waals surface area contributed by atoms with Crippen LogP contribution >= 0.6 is 0 Å². The maximum absolute atomic E-state index is 11.8. The summed E-state index contributed by atoms with van der Waals surface area (Å²) in [5.74, 6) is -0.997. The molecule has 1 atom stereocenters. The van der Waals surface area contributed by atoms with E-state index in [1.165, 1.54) is 24.3 Å². The van der Waals surface area contributed by atoms with Gasteiger partial charge in [-0.2, -0.15) is 0 Å². The Kier molecular flexibility index (Phi) is 5.93. The van der Waals surface area contributed by atoms with Crippen molar-refractivity contribution in [2.75, 3.05) is 25.1 Å². The molecule has 0 radical (unpaired) electrons. The Labute approximate surface area is 133 Å². The van der Waals surface area contributed by atoms with Crippen LogP contribution in [-0.4, -0.2) is 43.8 Å². The van der Waals surface area contributed by atoms with Crippen molar-refractivity contribution in [3.63, 3.8) is 0 Å². The second kappa shape index (κ2) is 8.14. The smallest absolute Gasteiger partial charge is 0.338 e. The molecule has 0 bridgehead atoms. The highest BCUT2D eigenvalue weighted by molar-refractivity contribution is 5.93. The first-order valence-corrected chi connectivity index (χ1v) is 7.26. The summed E-state index contributed by atoms with van der Waals surface area (Å²) in [5, 5.41) is 5.03. The van der Waals surface area contributed by atoms with Crippen LogP contribution in [-0.2, 0) is 14.3 Å². The number of esters is 1. The molecular weight excluding hydrogens is 302 g/mol. The highest BCUT2D eigenvalue weighted by Gasteiger charge is 2.17. The van der Waals surface area contributed by atoms with E-state index in [-0.39, 0.29) is 24.2 Å². The first-order valence-electron chi connectivity index (χ1n) is 7.26. The first-order chi connectivity index (χ1) is 11.0. The Morgan fingerprint density at radius 3 is 2.61 bits per heavy atom. The molecule has 1 unspecified atom stereocenters. The van der Waals surface area contributed by atoms with Gasteiger partial charge in [0.15, 0.2) is 6.61 Å². The predicted octanol–water partition coefficient (Wildman–Crippen LogP) is 0.629. The molecule has 8 nitrogen and oxygen atoms in total. The van der Waals surface area contributed by atoms with Crippen molar-refractivity contribution in [2.24, 2.45) is 5.73 Å². The molecule has 1 aromatic rings. The number of benzene rings is 1. The van der Waals surface area contributed by atoms with Crippen LogP contribution in [0.5, 0.6) is 0 Å². The fourth-order valence-corrected chi connectivity index (χ4v) is 2.13. The summed E-state index contributed by atoms with van der Waals surface area (Å²) in [6.07, 6.45) is 1.96. The van der Waals surface area contributed by atoms with Crippen LogP contribution in [0.25, 0.3) is 0 Å². The van der Waals surface area contributed by atoms with E-state index >= 15 is 0 Å². The number of carbonyl (C=O) groups excluding carboxylic acids is 3. The van der Waals surface area contributed by atoms with E-state index in [2.05, 4.69) is 10.6 Å². The highest BCUT2D eigenvalue weighted by atomic mass is 16.5. The summed E-state index contributed by atoms with van der Waals surface area (Å²) in [6.45, 7) is 0.785. The molecule has 1 heterocycles. The summed E-state index contributed by atoms with van der Waals surface area (Å²) in [6, 6.07) is 5.27. The normalized spacial score (nSPS) is 16.6. The Morgan fingerprint density at radius 2 is 2.00 bits per heavy atom.